The first-order chi connectivity index (χ1) is 10.7. The summed E-state index contributed by atoms with van der Waals surface area (Å²) in [6.45, 7) is 3.53. The predicted molar refractivity (Wildman–Crippen MR) is 90.7 cm³/mol. The van der Waals surface area contributed by atoms with Crippen LogP contribution in [0, 0.1) is 5.92 Å². The minimum atomic E-state index is 0. The molecule has 23 heavy (non-hydrogen) atoms. The maximum Gasteiger partial charge on any atom is 0.224 e. The summed E-state index contributed by atoms with van der Waals surface area (Å²) >= 11 is 0. The molecule has 0 spiro atoms. The summed E-state index contributed by atoms with van der Waals surface area (Å²) in [7, 11) is 0. The maximum atomic E-state index is 12.6. The number of aromatic hydroxyl groups is 1. The Bertz CT molecular complexity index is 516. The molecule has 128 valence electrons. The molecule has 0 radical (unpaired) electrons. The lowest BCUT2D eigenvalue weighted by Gasteiger charge is -2.28. The zero-order valence-corrected chi connectivity index (χ0v) is 14.1. The number of amides is 1. The second kappa shape index (κ2) is 8.52. The molecule has 0 aromatic heterocycles. The number of benzene rings is 1. The van der Waals surface area contributed by atoms with Gasteiger partial charge in [0, 0.05) is 32.1 Å². The Hall–Kier alpha value is -1.30. The number of hydrogen-bond donors (Lipinski definition) is 2. The Balaban J connectivity index is 0.00000192. The van der Waals surface area contributed by atoms with Crippen molar-refractivity contribution in [2.24, 2.45) is 5.92 Å². The van der Waals surface area contributed by atoms with Gasteiger partial charge in [0.05, 0.1) is 13.2 Å². The normalized spacial score (nSPS) is 20.6. The van der Waals surface area contributed by atoms with Crippen LogP contribution in [-0.4, -0.2) is 48.3 Å². The molecule has 1 aliphatic carbocycles. The maximum absolute atomic E-state index is 12.6. The molecule has 6 heteroatoms. The van der Waals surface area contributed by atoms with Gasteiger partial charge in [0.2, 0.25) is 5.91 Å². The largest absolute Gasteiger partial charge is 0.508 e. The molecule has 1 aromatic carbocycles. The van der Waals surface area contributed by atoms with E-state index in [-0.39, 0.29) is 30.1 Å². The SMILES string of the molecule is Cl.O=C(CC1COCCN1)N(Cc1cccc(O)c1)CC1CC1. The average Bonchev–Trinajstić information content (AvgIpc) is 3.32. The smallest absolute Gasteiger partial charge is 0.224 e. The van der Waals surface area contributed by atoms with Crippen LogP contribution < -0.4 is 5.32 Å². The first kappa shape index (κ1) is 18.0. The Morgan fingerprint density at radius 1 is 1.39 bits per heavy atom. The van der Waals surface area contributed by atoms with Crippen molar-refractivity contribution in [1.82, 2.24) is 10.2 Å². The van der Waals surface area contributed by atoms with Gasteiger partial charge in [-0.1, -0.05) is 12.1 Å². The summed E-state index contributed by atoms with van der Waals surface area (Å²) in [6, 6.07) is 7.28. The van der Waals surface area contributed by atoms with E-state index in [0.29, 0.717) is 25.5 Å². The van der Waals surface area contributed by atoms with Crippen LogP contribution in [0.25, 0.3) is 0 Å². The summed E-state index contributed by atoms with van der Waals surface area (Å²) in [6.07, 6.45) is 2.91. The number of morpholine rings is 1. The van der Waals surface area contributed by atoms with Gasteiger partial charge in [0.1, 0.15) is 5.75 Å². The fourth-order valence-corrected chi connectivity index (χ4v) is 2.83. The van der Waals surface area contributed by atoms with Crippen molar-refractivity contribution < 1.29 is 14.6 Å². The van der Waals surface area contributed by atoms with Crippen molar-refractivity contribution in [2.45, 2.75) is 31.8 Å². The van der Waals surface area contributed by atoms with Crippen LogP contribution in [0.4, 0.5) is 0 Å². The van der Waals surface area contributed by atoms with E-state index >= 15 is 0 Å². The summed E-state index contributed by atoms with van der Waals surface area (Å²) in [5.74, 6) is 1.06. The molecule has 1 aromatic rings. The van der Waals surface area contributed by atoms with Gasteiger partial charge in [-0.3, -0.25) is 4.79 Å². The molecule has 1 aliphatic heterocycles. The third-order valence-electron chi connectivity index (χ3n) is 4.23. The number of phenolic OH excluding ortho intramolecular Hbond substituents is 1. The van der Waals surface area contributed by atoms with Crippen molar-refractivity contribution in [3.05, 3.63) is 29.8 Å². The van der Waals surface area contributed by atoms with Gasteiger partial charge in [-0.05, 0) is 36.5 Å². The quantitative estimate of drug-likeness (QED) is 0.830. The van der Waals surface area contributed by atoms with Crippen molar-refractivity contribution >= 4 is 18.3 Å². The number of nitrogens with zero attached hydrogens (tertiary/aromatic N) is 1. The number of carbonyl (C=O) groups is 1. The predicted octanol–water partition coefficient (Wildman–Crippen LogP) is 1.93. The van der Waals surface area contributed by atoms with Crippen LogP contribution >= 0.6 is 12.4 Å². The second-order valence-corrected chi connectivity index (χ2v) is 6.32. The zero-order valence-electron chi connectivity index (χ0n) is 13.2. The number of phenols is 1. The van der Waals surface area contributed by atoms with Gasteiger partial charge in [-0.25, -0.2) is 0 Å². The molecular formula is C17H25ClN2O3. The highest BCUT2D eigenvalue weighted by molar-refractivity contribution is 5.85. The average molecular weight is 341 g/mol. The summed E-state index contributed by atoms with van der Waals surface area (Å²) in [5, 5.41) is 12.9. The number of hydrogen-bond acceptors (Lipinski definition) is 4. The number of ether oxygens (including phenoxy) is 1. The summed E-state index contributed by atoms with van der Waals surface area (Å²) in [5.41, 5.74) is 0.974. The lowest BCUT2D eigenvalue weighted by molar-refractivity contribution is -0.133. The molecule has 2 aliphatic rings. The van der Waals surface area contributed by atoms with Crippen molar-refractivity contribution in [2.75, 3.05) is 26.3 Å². The molecule has 0 bridgehead atoms. The molecule has 5 nitrogen and oxygen atoms in total. The van der Waals surface area contributed by atoms with Gasteiger partial charge in [-0.15, -0.1) is 12.4 Å². The highest BCUT2D eigenvalue weighted by atomic mass is 35.5. The molecular weight excluding hydrogens is 316 g/mol. The van der Waals surface area contributed by atoms with E-state index in [2.05, 4.69) is 5.32 Å². The fourth-order valence-electron chi connectivity index (χ4n) is 2.83. The third kappa shape index (κ3) is 5.68. The lowest BCUT2D eigenvalue weighted by atomic mass is 10.1. The molecule has 1 unspecified atom stereocenters. The molecule has 3 rings (SSSR count). The van der Waals surface area contributed by atoms with E-state index < -0.39 is 0 Å². The lowest BCUT2D eigenvalue weighted by Crippen LogP contribution is -2.45. The van der Waals surface area contributed by atoms with Crippen LogP contribution in [0.2, 0.25) is 0 Å². The molecule has 2 fully saturated rings. The van der Waals surface area contributed by atoms with Crippen LogP contribution in [0.1, 0.15) is 24.8 Å². The van der Waals surface area contributed by atoms with E-state index in [4.69, 9.17) is 4.74 Å². The highest BCUT2D eigenvalue weighted by Gasteiger charge is 2.28. The summed E-state index contributed by atoms with van der Waals surface area (Å²) in [4.78, 5) is 14.6. The first-order valence-electron chi connectivity index (χ1n) is 8.07. The molecule has 1 heterocycles. The standard InChI is InChI=1S/C17H24N2O3.ClH/c20-16-3-1-2-14(8-16)11-19(10-13-4-5-13)17(21)9-15-12-22-7-6-18-15;/h1-3,8,13,15,18,20H,4-7,9-12H2;1H. The van der Waals surface area contributed by atoms with Crippen molar-refractivity contribution in [3.8, 4) is 5.75 Å². The number of carbonyl (C=O) groups excluding carboxylic acids is 1. The Morgan fingerprint density at radius 3 is 2.87 bits per heavy atom. The van der Waals surface area contributed by atoms with Crippen LogP contribution in [0.5, 0.6) is 5.75 Å². The van der Waals surface area contributed by atoms with Crippen LogP contribution in [0.15, 0.2) is 24.3 Å². The molecule has 2 N–H and O–H groups in total. The number of halogens is 1. The van der Waals surface area contributed by atoms with Crippen LogP contribution in [-0.2, 0) is 16.1 Å². The van der Waals surface area contributed by atoms with Gasteiger partial charge in [-0.2, -0.15) is 0 Å². The monoisotopic (exact) mass is 340 g/mol. The fraction of sp³-hybridized carbons (Fsp3) is 0.588. The Morgan fingerprint density at radius 2 is 2.22 bits per heavy atom. The van der Waals surface area contributed by atoms with E-state index in [1.54, 1.807) is 12.1 Å². The molecule has 1 atom stereocenters. The minimum Gasteiger partial charge on any atom is -0.508 e. The minimum absolute atomic E-state index is 0. The first-order valence-corrected chi connectivity index (χ1v) is 8.07. The molecule has 1 amide bonds. The zero-order chi connectivity index (χ0) is 15.4. The van der Waals surface area contributed by atoms with Crippen molar-refractivity contribution in [3.63, 3.8) is 0 Å². The van der Waals surface area contributed by atoms with E-state index in [9.17, 15) is 9.90 Å². The van der Waals surface area contributed by atoms with Gasteiger partial charge in [0.15, 0.2) is 0 Å². The van der Waals surface area contributed by atoms with Crippen molar-refractivity contribution in [1.29, 1.82) is 0 Å². The second-order valence-electron chi connectivity index (χ2n) is 6.32. The van der Waals surface area contributed by atoms with Gasteiger partial charge in [0.25, 0.3) is 0 Å². The Labute approximate surface area is 143 Å². The van der Waals surface area contributed by atoms with E-state index in [1.165, 1.54) is 12.8 Å². The molecule has 1 saturated heterocycles. The number of rotatable bonds is 6. The van der Waals surface area contributed by atoms with Gasteiger partial charge >= 0.3 is 0 Å². The van der Waals surface area contributed by atoms with Crippen LogP contribution in [0.3, 0.4) is 0 Å². The number of nitrogens with one attached hydrogen (secondary N) is 1. The van der Waals surface area contributed by atoms with E-state index in [0.717, 1.165) is 25.3 Å². The highest BCUT2D eigenvalue weighted by Crippen LogP contribution is 2.30. The Kier molecular flexibility index (Phi) is 6.69. The van der Waals surface area contributed by atoms with E-state index in [1.807, 2.05) is 17.0 Å². The summed E-state index contributed by atoms with van der Waals surface area (Å²) < 4.78 is 5.42. The van der Waals surface area contributed by atoms with Gasteiger partial charge < -0.3 is 20.1 Å². The topological polar surface area (TPSA) is 61.8 Å². The molecule has 1 saturated carbocycles. The third-order valence-corrected chi connectivity index (χ3v) is 4.23.